The number of carbonyl (C=O) groups excluding carboxylic acids is 1. The van der Waals surface area contributed by atoms with E-state index in [9.17, 15) is 4.79 Å². The van der Waals surface area contributed by atoms with Crippen LogP contribution >= 0.6 is 11.8 Å². The standard InChI is InChI=1S/C22H23N3O3S/c1-14-4-6-15(7-5-14)12-28-19-10-16(8-9-18(19)27-3)21-17-11-23-25(2)22(17)24-20(26)13-29-21/h4-11,21H,12-13H2,1-3H3,(H,24,26)/t21-/m1/s1. The minimum absolute atomic E-state index is 0.0216. The summed E-state index contributed by atoms with van der Waals surface area (Å²) in [7, 11) is 3.46. The van der Waals surface area contributed by atoms with Gasteiger partial charge in [0.05, 0.1) is 24.3 Å². The molecule has 6 nitrogen and oxygen atoms in total. The van der Waals surface area contributed by atoms with Gasteiger partial charge in [-0.15, -0.1) is 11.8 Å². The molecule has 2 heterocycles. The summed E-state index contributed by atoms with van der Waals surface area (Å²) in [6, 6.07) is 14.2. The average Bonchev–Trinajstić information content (AvgIpc) is 2.98. The molecule has 1 atom stereocenters. The van der Waals surface area contributed by atoms with E-state index in [1.165, 1.54) is 5.56 Å². The number of hydrogen-bond donors (Lipinski definition) is 1. The summed E-state index contributed by atoms with van der Waals surface area (Å²) in [6.07, 6.45) is 1.82. The molecule has 0 radical (unpaired) electrons. The van der Waals surface area contributed by atoms with Crippen molar-refractivity contribution in [1.29, 1.82) is 0 Å². The molecule has 0 bridgehead atoms. The molecule has 150 valence electrons. The zero-order valence-electron chi connectivity index (χ0n) is 16.6. The Balaban J connectivity index is 1.64. The second-order valence-corrected chi connectivity index (χ2v) is 8.09. The number of rotatable bonds is 5. The van der Waals surface area contributed by atoms with E-state index in [2.05, 4.69) is 41.6 Å². The number of nitrogens with zero attached hydrogens (tertiary/aromatic N) is 2. The number of amides is 1. The molecular weight excluding hydrogens is 386 g/mol. The average molecular weight is 410 g/mol. The van der Waals surface area contributed by atoms with Crippen molar-refractivity contribution < 1.29 is 14.3 Å². The third kappa shape index (κ3) is 4.10. The third-order valence-corrected chi connectivity index (χ3v) is 6.18. The minimum Gasteiger partial charge on any atom is -0.493 e. The quantitative estimate of drug-likeness (QED) is 0.688. The van der Waals surface area contributed by atoms with Crippen LogP contribution in [0.5, 0.6) is 11.5 Å². The van der Waals surface area contributed by atoms with Crippen molar-refractivity contribution >= 4 is 23.5 Å². The van der Waals surface area contributed by atoms with Crippen LogP contribution in [0.25, 0.3) is 0 Å². The highest BCUT2D eigenvalue weighted by Gasteiger charge is 2.27. The Hall–Kier alpha value is -2.93. The van der Waals surface area contributed by atoms with Gasteiger partial charge in [0.1, 0.15) is 12.4 Å². The lowest BCUT2D eigenvalue weighted by molar-refractivity contribution is -0.113. The molecule has 4 rings (SSSR count). The number of carbonyl (C=O) groups is 1. The summed E-state index contributed by atoms with van der Waals surface area (Å²) in [5, 5.41) is 7.24. The van der Waals surface area contributed by atoms with Crippen LogP contribution in [0.15, 0.2) is 48.7 Å². The maximum atomic E-state index is 12.1. The molecule has 0 saturated carbocycles. The Morgan fingerprint density at radius 1 is 1.21 bits per heavy atom. The maximum Gasteiger partial charge on any atom is 0.235 e. The van der Waals surface area contributed by atoms with E-state index in [4.69, 9.17) is 9.47 Å². The normalized spacial score (nSPS) is 16.0. The molecule has 0 spiro atoms. The van der Waals surface area contributed by atoms with Gasteiger partial charge in [-0.2, -0.15) is 5.10 Å². The number of hydrogen-bond acceptors (Lipinski definition) is 5. The van der Waals surface area contributed by atoms with Gasteiger partial charge in [0, 0.05) is 12.6 Å². The Morgan fingerprint density at radius 2 is 2.00 bits per heavy atom. The fraction of sp³-hybridized carbons (Fsp3) is 0.273. The smallest absolute Gasteiger partial charge is 0.235 e. The Kier molecular flexibility index (Phi) is 5.49. The van der Waals surface area contributed by atoms with Crippen LogP contribution < -0.4 is 14.8 Å². The number of benzene rings is 2. The van der Waals surface area contributed by atoms with Gasteiger partial charge in [-0.3, -0.25) is 9.48 Å². The van der Waals surface area contributed by atoms with Gasteiger partial charge in [-0.1, -0.05) is 35.9 Å². The number of anilines is 1. The second-order valence-electron chi connectivity index (χ2n) is 7.00. The number of thioether (sulfide) groups is 1. The topological polar surface area (TPSA) is 65.4 Å². The van der Waals surface area contributed by atoms with Crippen LogP contribution in [0.2, 0.25) is 0 Å². The lowest BCUT2D eigenvalue weighted by Gasteiger charge is -2.17. The largest absolute Gasteiger partial charge is 0.493 e. The van der Waals surface area contributed by atoms with Crippen LogP contribution in [0.4, 0.5) is 5.82 Å². The highest BCUT2D eigenvalue weighted by Crippen LogP contribution is 2.43. The molecular formula is C22H23N3O3S. The first kappa shape index (κ1) is 19.4. The van der Waals surface area contributed by atoms with E-state index in [-0.39, 0.29) is 11.2 Å². The second kappa shape index (κ2) is 8.21. The highest BCUT2D eigenvalue weighted by molar-refractivity contribution is 8.00. The molecule has 0 saturated heterocycles. The first-order chi connectivity index (χ1) is 14.0. The van der Waals surface area contributed by atoms with Crippen molar-refractivity contribution in [2.75, 3.05) is 18.2 Å². The summed E-state index contributed by atoms with van der Waals surface area (Å²) in [5.41, 5.74) is 4.34. The highest BCUT2D eigenvalue weighted by atomic mass is 32.2. The van der Waals surface area contributed by atoms with E-state index >= 15 is 0 Å². The Morgan fingerprint density at radius 3 is 2.76 bits per heavy atom. The molecule has 1 aromatic heterocycles. The zero-order valence-corrected chi connectivity index (χ0v) is 17.5. The van der Waals surface area contributed by atoms with Crippen LogP contribution in [0, 0.1) is 6.92 Å². The SMILES string of the molecule is COc1ccc([C@H]2SCC(=O)Nc3c2cnn3C)cc1OCc1ccc(C)cc1. The summed E-state index contributed by atoms with van der Waals surface area (Å²) in [6.45, 7) is 2.52. The molecule has 0 fully saturated rings. The fourth-order valence-corrected chi connectivity index (χ4v) is 4.39. The first-order valence-corrected chi connectivity index (χ1v) is 10.4. The van der Waals surface area contributed by atoms with E-state index in [0.717, 1.165) is 22.5 Å². The van der Waals surface area contributed by atoms with Gasteiger partial charge in [-0.25, -0.2) is 0 Å². The van der Waals surface area contributed by atoms with Gasteiger partial charge < -0.3 is 14.8 Å². The van der Waals surface area contributed by atoms with Crippen LogP contribution in [-0.2, 0) is 18.4 Å². The summed E-state index contributed by atoms with van der Waals surface area (Å²) < 4.78 is 13.3. The van der Waals surface area contributed by atoms with E-state index in [1.54, 1.807) is 23.6 Å². The van der Waals surface area contributed by atoms with E-state index < -0.39 is 0 Å². The van der Waals surface area contributed by atoms with E-state index in [0.29, 0.717) is 23.9 Å². The molecule has 3 aromatic rings. The number of aryl methyl sites for hydroxylation is 2. The lowest BCUT2D eigenvalue weighted by atomic mass is 10.1. The molecule has 1 N–H and O–H groups in total. The predicted molar refractivity (Wildman–Crippen MR) is 115 cm³/mol. The minimum atomic E-state index is -0.0229. The monoisotopic (exact) mass is 409 g/mol. The molecule has 1 aliphatic rings. The number of methoxy groups -OCH3 is 1. The van der Waals surface area contributed by atoms with Crippen molar-refractivity contribution in [2.24, 2.45) is 7.05 Å². The van der Waals surface area contributed by atoms with Gasteiger partial charge in [-0.05, 0) is 30.2 Å². The van der Waals surface area contributed by atoms with Crippen LogP contribution in [0.1, 0.15) is 27.5 Å². The van der Waals surface area contributed by atoms with E-state index in [1.807, 2.05) is 31.4 Å². The molecule has 0 unspecified atom stereocenters. The van der Waals surface area contributed by atoms with Crippen molar-refractivity contribution in [3.8, 4) is 11.5 Å². The number of nitrogens with one attached hydrogen (secondary N) is 1. The summed E-state index contributed by atoms with van der Waals surface area (Å²) in [4.78, 5) is 12.1. The van der Waals surface area contributed by atoms with Gasteiger partial charge in [0.2, 0.25) is 5.91 Å². The summed E-state index contributed by atoms with van der Waals surface area (Å²) in [5.74, 6) is 2.46. The Labute approximate surface area is 174 Å². The molecule has 1 amide bonds. The zero-order chi connectivity index (χ0) is 20.4. The van der Waals surface area contributed by atoms with Crippen LogP contribution in [-0.4, -0.2) is 28.6 Å². The first-order valence-electron chi connectivity index (χ1n) is 9.35. The van der Waals surface area contributed by atoms with Gasteiger partial charge in [0.25, 0.3) is 0 Å². The fourth-order valence-electron chi connectivity index (χ4n) is 3.31. The molecule has 0 aliphatic carbocycles. The number of fused-ring (bicyclic) bond motifs is 1. The maximum absolute atomic E-state index is 12.1. The molecule has 2 aromatic carbocycles. The predicted octanol–water partition coefficient (Wildman–Crippen LogP) is 4.09. The molecule has 29 heavy (non-hydrogen) atoms. The number of ether oxygens (including phenoxy) is 2. The molecule has 1 aliphatic heterocycles. The van der Waals surface area contributed by atoms with Gasteiger partial charge >= 0.3 is 0 Å². The van der Waals surface area contributed by atoms with Crippen molar-refractivity contribution in [3.63, 3.8) is 0 Å². The van der Waals surface area contributed by atoms with Gasteiger partial charge in [0.15, 0.2) is 11.5 Å². The van der Waals surface area contributed by atoms with Crippen LogP contribution in [0.3, 0.4) is 0 Å². The Bertz CT molecular complexity index is 1030. The summed E-state index contributed by atoms with van der Waals surface area (Å²) >= 11 is 1.58. The van der Waals surface area contributed by atoms with Crippen molar-refractivity contribution in [3.05, 3.63) is 70.9 Å². The van der Waals surface area contributed by atoms with Crippen molar-refractivity contribution in [1.82, 2.24) is 9.78 Å². The lowest BCUT2D eigenvalue weighted by Crippen LogP contribution is -2.15. The third-order valence-electron chi connectivity index (χ3n) is 4.89. The van der Waals surface area contributed by atoms with Crippen molar-refractivity contribution in [2.45, 2.75) is 18.8 Å². The molecule has 7 heteroatoms. The number of aromatic nitrogens is 2.